The number of amides is 2. The number of halogens is 1. The maximum absolute atomic E-state index is 14.7. The molecular formula is C36H37BrN2O5. The monoisotopic (exact) mass is 656 g/mol. The van der Waals surface area contributed by atoms with Gasteiger partial charge in [-0.2, -0.15) is 0 Å². The van der Waals surface area contributed by atoms with E-state index < -0.39 is 11.3 Å². The zero-order chi connectivity index (χ0) is 31.0. The minimum absolute atomic E-state index is 0.0182. The Hall–Kier alpha value is -3.72. The third-order valence-corrected chi connectivity index (χ3v) is 10.3. The molecule has 0 radical (unpaired) electrons. The number of allylic oxidation sites excluding steroid dienone is 1. The van der Waals surface area contributed by atoms with E-state index in [0.29, 0.717) is 23.4 Å². The summed E-state index contributed by atoms with van der Waals surface area (Å²) in [7, 11) is 6.68. The van der Waals surface area contributed by atoms with E-state index >= 15 is 0 Å². The van der Waals surface area contributed by atoms with Crippen LogP contribution in [0.4, 0.5) is 5.69 Å². The van der Waals surface area contributed by atoms with Crippen LogP contribution in [0.25, 0.3) is 5.57 Å². The smallest absolute Gasteiger partial charge is 0.259 e. The minimum atomic E-state index is -0.909. The van der Waals surface area contributed by atoms with Crippen LogP contribution >= 0.6 is 15.9 Å². The van der Waals surface area contributed by atoms with E-state index in [0.717, 1.165) is 21.2 Å². The summed E-state index contributed by atoms with van der Waals surface area (Å²) in [6, 6.07) is 28.0. The first-order valence-corrected chi connectivity index (χ1v) is 15.6. The Morgan fingerprint density at radius 3 is 2.14 bits per heavy atom. The molecule has 2 amide bonds. The van der Waals surface area contributed by atoms with Gasteiger partial charge in [-0.15, -0.1) is 0 Å². The molecule has 228 valence electrons. The lowest BCUT2D eigenvalue weighted by Crippen LogP contribution is -2.52. The summed E-state index contributed by atoms with van der Waals surface area (Å²) in [5, 5.41) is 0. The molecule has 3 aromatic carbocycles. The first-order chi connectivity index (χ1) is 21.4. The average molecular weight is 658 g/mol. The van der Waals surface area contributed by atoms with Gasteiger partial charge in [0.1, 0.15) is 12.5 Å². The van der Waals surface area contributed by atoms with Crippen LogP contribution in [-0.4, -0.2) is 64.5 Å². The number of likely N-dealkylation sites (tertiary alicyclic amines) is 1. The molecule has 2 aliphatic carbocycles. The fourth-order valence-corrected chi connectivity index (χ4v) is 8.43. The van der Waals surface area contributed by atoms with Crippen molar-refractivity contribution in [2.24, 2.45) is 23.2 Å². The minimum Gasteiger partial charge on any atom is -0.501 e. The van der Waals surface area contributed by atoms with Gasteiger partial charge >= 0.3 is 0 Å². The van der Waals surface area contributed by atoms with Gasteiger partial charge in [-0.05, 0) is 50.7 Å². The zero-order valence-electron chi connectivity index (χ0n) is 25.4. The van der Waals surface area contributed by atoms with Gasteiger partial charge in [-0.1, -0.05) is 78.9 Å². The number of methoxy groups -OCH3 is 3. The second kappa shape index (κ2) is 12.3. The standard InChI is InChI=1S/C36H37BrN2O5/c1-38-33-26(19-25(23-13-7-5-8-14-23)24-15-9-6-10-16-24)27-20-30(44-4)31(32(33)36(27,21-42-2)35(38)41)34(40)39(22-43-3)29-18-12-11-17-28(29)37/h5-19,26-27,32-33H,20-22H2,1-4H3/t26-,27-,32+,33-,36+/m1/s1. The van der Waals surface area contributed by atoms with Crippen LogP contribution in [0.3, 0.4) is 0 Å². The second-order valence-corrected chi connectivity index (χ2v) is 12.6. The van der Waals surface area contributed by atoms with Gasteiger partial charge in [0.05, 0.1) is 30.4 Å². The molecule has 8 heteroatoms. The van der Waals surface area contributed by atoms with Crippen LogP contribution in [0.1, 0.15) is 17.5 Å². The highest BCUT2D eigenvalue weighted by Crippen LogP contribution is 2.67. The highest BCUT2D eigenvalue weighted by molar-refractivity contribution is 9.10. The Kier molecular flexibility index (Phi) is 8.51. The number of hydrogen-bond acceptors (Lipinski definition) is 5. The Bertz CT molecular complexity index is 1570. The lowest BCUT2D eigenvalue weighted by molar-refractivity contribution is -0.148. The van der Waals surface area contributed by atoms with Crippen molar-refractivity contribution in [1.82, 2.24) is 4.90 Å². The number of carbonyl (C=O) groups excluding carboxylic acids is 2. The molecule has 6 rings (SSSR count). The summed E-state index contributed by atoms with van der Waals surface area (Å²) in [4.78, 5) is 32.5. The quantitative estimate of drug-likeness (QED) is 0.245. The van der Waals surface area contributed by atoms with Crippen molar-refractivity contribution in [3.05, 3.63) is 118 Å². The Labute approximate surface area is 267 Å². The van der Waals surface area contributed by atoms with Crippen molar-refractivity contribution in [1.29, 1.82) is 0 Å². The van der Waals surface area contributed by atoms with E-state index in [4.69, 9.17) is 14.2 Å². The molecule has 1 saturated carbocycles. The summed E-state index contributed by atoms with van der Waals surface area (Å²) >= 11 is 3.62. The van der Waals surface area contributed by atoms with E-state index in [1.165, 1.54) is 0 Å². The molecule has 0 aromatic heterocycles. The third kappa shape index (κ3) is 4.71. The Morgan fingerprint density at radius 1 is 0.955 bits per heavy atom. The number of hydrogen-bond donors (Lipinski definition) is 0. The number of anilines is 1. The number of carbonyl (C=O) groups is 2. The molecule has 1 saturated heterocycles. The fraction of sp³-hybridized carbons (Fsp3) is 0.333. The molecule has 1 aliphatic heterocycles. The van der Waals surface area contributed by atoms with Gasteiger partial charge in [0.2, 0.25) is 5.91 Å². The SMILES string of the molecule is COCN(C(=O)C1=C(OC)C[C@@H]2[C@@H](C=C(c3ccccc3)c3ccccc3)[C@@H]3[C@H]1[C@@]2(COC)C(=O)N3C)c1ccccc1Br. The number of benzene rings is 3. The van der Waals surface area contributed by atoms with Crippen molar-refractivity contribution in [2.75, 3.05) is 46.6 Å². The molecule has 4 bridgehead atoms. The molecule has 0 N–H and O–H groups in total. The molecule has 3 aliphatic rings. The maximum atomic E-state index is 14.7. The lowest BCUT2D eigenvalue weighted by Gasteiger charge is -2.43. The van der Waals surface area contributed by atoms with Gasteiger partial charge in [-0.25, -0.2) is 0 Å². The summed E-state index contributed by atoms with van der Waals surface area (Å²) in [5.41, 5.74) is 3.59. The summed E-state index contributed by atoms with van der Waals surface area (Å²) < 4.78 is 18.2. The van der Waals surface area contributed by atoms with Crippen molar-refractivity contribution >= 4 is 39.0 Å². The summed E-state index contributed by atoms with van der Waals surface area (Å²) in [6.07, 6.45) is 2.77. The average Bonchev–Trinajstić information content (AvgIpc) is 3.35. The number of ether oxygens (including phenoxy) is 3. The number of piperidine rings is 1. The topological polar surface area (TPSA) is 68.3 Å². The fourth-order valence-electron chi connectivity index (χ4n) is 7.93. The summed E-state index contributed by atoms with van der Waals surface area (Å²) in [5.74, 6) is -0.197. The molecule has 7 nitrogen and oxygen atoms in total. The molecule has 3 aromatic rings. The first-order valence-electron chi connectivity index (χ1n) is 14.8. The van der Waals surface area contributed by atoms with Gasteiger partial charge in [-0.3, -0.25) is 14.5 Å². The van der Waals surface area contributed by atoms with Gasteiger partial charge in [0, 0.05) is 50.0 Å². The second-order valence-electron chi connectivity index (χ2n) is 11.7. The molecule has 44 heavy (non-hydrogen) atoms. The normalized spacial score (nSPS) is 25.3. The maximum Gasteiger partial charge on any atom is 0.259 e. The predicted octanol–water partition coefficient (Wildman–Crippen LogP) is 6.16. The molecule has 5 atom stereocenters. The molecule has 1 heterocycles. The predicted molar refractivity (Wildman–Crippen MR) is 173 cm³/mol. The van der Waals surface area contributed by atoms with Gasteiger partial charge in [0.15, 0.2) is 0 Å². The van der Waals surface area contributed by atoms with Gasteiger partial charge in [0.25, 0.3) is 5.91 Å². The number of para-hydroxylation sites is 1. The van der Waals surface area contributed by atoms with Crippen molar-refractivity contribution in [2.45, 2.75) is 12.5 Å². The first kappa shape index (κ1) is 30.3. The molecule has 0 unspecified atom stereocenters. The molecular weight excluding hydrogens is 620 g/mol. The summed E-state index contributed by atoms with van der Waals surface area (Å²) in [6.45, 7) is 0.255. The number of nitrogens with zero attached hydrogens (tertiary/aromatic N) is 2. The van der Waals surface area contributed by atoms with Crippen LogP contribution in [0.2, 0.25) is 0 Å². The van der Waals surface area contributed by atoms with Crippen molar-refractivity contribution in [3.63, 3.8) is 0 Å². The zero-order valence-corrected chi connectivity index (χ0v) is 27.0. The number of rotatable bonds is 10. The van der Waals surface area contributed by atoms with Crippen LogP contribution in [0.15, 0.2) is 107 Å². The highest BCUT2D eigenvalue weighted by Gasteiger charge is 2.74. The third-order valence-electron chi connectivity index (χ3n) is 9.63. The van der Waals surface area contributed by atoms with E-state index in [9.17, 15) is 9.59 Å². The Balaban J connectivity index is 1.53. The van der Waals surface area contributed by atoms with E-state index in [-0.39, 0.29) is 43.0 Å². The molecule has 2 fully saturated rings. The van der Waals surface area contributed by atoms with Crippen LogP contribution < -0.4 is 4.90 Å². The Morgan fingerprint density at radius 2 is 1.57 bits per heavy atom. The molecule has 0 spiro atoms. The van der Waals surface area contributed by atoms with Crippen LogP contribution in [0.5, 0.6) is 0 Å². The van der Waals surface area contributed by atoms with E-state index in [1.807, 2.05) is 72.6 Å². The van der Waals surface area contributed by atoms with E-state index in [2.05, 4.69) is 46.3 Å². The lowest BCUT2D eigenvalue weighted by atomic mass is 9.63. The highest BCUT2D eigenvalue weighted by atomic mass is 79.9. The van der Waals surface area contributed by atoms with Crippen LogP contribution in [-0.2, 0) is 23.8 Å². The van der Waals surface area contributed by atoms with E-state index in [1.54, 1.807) is 26.2 Å². The largest absolute Gasteiger partial charge is 0.501 e. The van der Waals surface area contributed by atoms with Crippen LogP contribution in [0, 0.1) is 23.2 Å². The van der Waals surface area contributed by atoms with Crippen molar-refractivity contribution < 1.29 is 23.8 Å². The van der Waals surface area contributed by atoms with Crippen molar-refractivity contribution in [3.8, 4) is 0 Å². The van der Waals surface area contributed by atoms with Gasteiger partial charge < -0.3 is 19.1 Å².